The zero-order valence-electron chi connectivity index (χ0n) is 11.0. The van der Waals surface area contributed by atoms with E-state index in [1.165, 1.54) is 4.31 Å². The van der Waals surface area contributed by atoms with E-state index >= 15 is 0 Å². The highest BCUT2D eigenvalue weighted by Gasteiger charge is 2.35. The molecule has 0 aromatic rings. The van der Waals surface area contributed by atoms with Gasteiger partial charge in [-0.15, -0.1) is 0 Å². The van der Waals surface area contributed by atoms with E-state index in [9.17, 15) is 13.2 Å². The van der Waals surface area contributed by atoms with E-state index in [0.29, 0.717) is 6.61 Å². The van der Waals surface area contributed by atoms with Crippen LogP contribution in [0.4, 0.5) is 0 Å². The summed E-state index contributed by atoms with van der Waals surface area (Å²) in [5, 5.41) is 8.93. The third-order valence-corrected chi connectivity index (χ3v) is 5.74. The van der Waals surface area contributed by atoms with E-state index in [4.69, 9.17) is 9.84 Å². The van der Waals surface area contributed by atoms with Gasteiger partial charge in [0, 0.05) is 12.6 Å². The summed E-state index contributed by atoms with van der Waals surface area (Å²) in [5.41, 5.74) is 0. The average Bonchev–Trinajstić information content (AvgIpc) is 2.96. The van der Waals surface area contributed by atoms with Crippen LogP contribution in [0.3, 0.4) is 0 Å². The maximum atomic E-state index is 12.4. The quantitative estimate of drug-likeness (QED) is 0.783. The molecule has 2 rings (SSSR count). The number of carbonyl (C=O) groups is 1. The number of carboxylic acid groups (broad SMARTS) is 1. The van der Waals surface area contributed by atoms with Gasteiger partial charge < -0.3 is 9.84 Å². The first-order chi connectivity index (χ1) is 8.99. The summed E-state index contributed by atoms with van der Waals surface area (Å²) in [7, 11) is -3.56. The molecule has 1 aliphatic heterocycles. The fourth-order valence-corrected chi connectivity index (χ4v) is 4.78. The van der Waals surface area contributed by atoms with Gasteiger partial charge in [-0.3, -0.25) is 4.79 Å². The molecule has 2 aliphatic rings. The van der Waals surface area contributed by atoms with Gasteiger partial charge in [-0.1, -0.05) is 12.8 Å². The first-order valence-electron chi connectivity index (χ1n) is 6.82. The molecule has 6 nitrogen and oxygen atoms in total. The smallest absolute Gasteiger partial charge is 0.318 e. The molecular formula is C12H21NO5S. The molecule has 0 spiro atoms. The molecule has 1 saturated carbocycles. The standard InChI is InChI=1S/C12H21NO5S/c14-12(15)8-13(10-4-1-2-5-10)19(16,17)9-11-6-3-7-18-11/h10-11H,1-9H2,(H,14,15). The highest BCUT2D eigenvalue weighted by Crippen LogP contribution is 2.27. The molecular weight excluding hydrogens is 270 g/mol. The fourth-order valence-electron chi connectivity index (χ4n) is 2.89. The minimum atomic E-state index is -3.56. The molecule has 1 aliphatic carbocycles. The third-order valence-electron chi connectivity index (χ3n) is 3.80. The Morgan fingerprint density at radius 1 is 1.21 bits per heavy atom. The maximum absolute atomic E-state index is 12.4. The molecule has 1 unspecified atom stereocenters. The Balaban J connectivity index is 2.07. The van der Waals surface area contributed by atoms with Gasteiger partial charge in [0.25, 0.3) is 0 Å². The van der Waals surface area contributed by atoms with E-state index in [2.05, 4.69) is 0 Å². The van der Waals surface area contributed by atoms with Gasteiger partial charge in [-0.25, -0.2) is 8.42 Å². The van der Waals surface area contributed by atoms with Crippen molar-refractivity contribution in [2.24, 2.45) is 0 Å². The van der Waals surface area contributed by atoms with Crippen molar-refractivity contribution < 1.29 is 23.1 Å². The van der Waals surface area contributed by atoms with E-state index in [0.717, 1.165) is 38.5 Å². The van der Waals surface area contributed by atoms with Crippen LogP contribution >= 0.6 is 0 Å². The SMILES string of the molecule is O=C(O)CN(C1CCCC1)S(=O)(=O)CC1CCCO1. The van der Waals surface area contributed by atoms with Gasteiger partial charge in [0.15, 0.2) is 0 Å². The Morgan fingerprint density at radius 2 is 1.89 bits per heavy atom. The second kappa shape index (κ2) is 6.19. The number of ether oxygens (including phenoxy) is 1. The van der Waals surface area contributed by atoms with Gasteiger partial charge in [0.05, 0.1) is 11.9 Å². The second-order valence-electron chi connectivity index (χ2n) is 5.29. The number of hydrogen-bond donors (Lipinski definition) is 1. The highest BCUT2D eigenvalue weighted by molar-refractivity contribution is 7.89. The third kappa shape index (κ3) is 3.90. The fraction of sp³-hybridized carbons (Fsp3) is 0.917. The number of aliphatic carboxylic acids is 1. The Hall–Kier alpha value is -0.660. The number of carboxylic acids is 1. The summed E-state index contributed by atoms with van der Waals surface area (Å²) in [6, 6.07) is -0.150. The van der Waals surface area contributed by atoms with Crippen LogP contribution in [0.15, 0.2) is 0 Å². The first kappa shape index (κ1) is 14.7. The molecule has 0 aromatic carbocycles. The Kier molecular flexibility index (Phi) is 4.81. The van der Waals surface area contributed by atoms with E-state index in [1.807, 2.05) is 0 Å². The lowest BCUT2D eigenvalue weighted by molar-refractivity contribution is -0.137. The lowest BCUT2D eigenvalue weighted by Crippen LogP contribution is -2.45. The minimum Gasteiger partial charge on any atom is -0.480 e. The van der Waals surface area contributed by atoms with Crippen LogP contribution in [0.25, 0.3) is 0 Å². The number of nitrogens with zero attached hydrogens (tertiary/aromatic N) is 1. The molecule has 0 radical (unpaired) electrons. The first-order valence-corrected chi connectivity index (χ1v) is 8.43. The monoisotopic (exact) mass is 291 g/mol. The number of hydrogen-bond acceptors (Lipinski definition) is 4. The molecule has 0 amide bonds. The zero-order chi connectivity index (χ0) is 13.9. The molecule has 7 heteroatoms. The Bertz CT molecular complexity index is 410. The average molecular weight is 291 g/mol. The topological polar surface area (TPSA) is 83.9 Å². The van der Waals surface area contributed by atoms with E-state index in [-0.39, 0.29) is 17.9 Å². The number of rotatable bonds is 6. The van der Waals surface area contributed by atoms with Crippen molar-refractivity contribution in [3.63, 3.8) is 0 Å². The summed E-state index contributed by atoms with van der Waals surface area (Å²) >= 11 is 0. The largest absolute Gasteiger partial charge is 0.480 e. The summed E-state index contributed by atoms with van der Waals surface area (Å²) in [6.45, 7) is 0.169. The van der Waals surface area contributed by atoms with Crippen molar-refractivity contribution in [2.75, 3.05) is 18.9 Å². The number of sulfonamides is 1. The molecule has 1 atom stereocenters. The predicted octanol–water partition coefficient (Wildman–Crippen LogP) is 0.824. The van der Waals surface area contributed by atoms with E-state index < -0.39 is 22.5 Å². The van der Waals surface area contributed by atoms with Crippen molar-refractivity contribution in [1.82, 2.24) is 4.31 Å². The molecule has 0 bridgehead atoms. The second-order valence-corrected chi connectivity index (χ2v) is 7.26. The van der Waals surface area contributed by atoms with Crippen molar-refractivity contribution in [3.8, 4) is 0 Å². The summed E-state index contributed by atoms with van der Waals surface area (Å²) in [5.74, 6) is -1.18. The van der Waals surface area contributed by atoms with E-state index in [1.54, 1.807) is 0 Å². The predicted molar refractivity (Wildman–Crippen MR) is 69.4 cm³/mol. The zero-order valence-corrected chi connectivity index (χ0v) is 11.8. The molecule has 19 heavy (non-hydrogen) atoms. The normalized spacial score (nSPS) is 25.2. The summed E-state index contributed by atoms with van der Waals surface area (Å²) in [6.07, 6.45) is 4.80. The van der Waals surface area contributed by atoms with Crippen LogP contribution in [0.2, 0.25) is 0 Å². The van der Waals surface area contributed by atoms with Crippen molar-refractivity contribution in [3.05, 3.63) is 0 Å². The Morgan fingerprint density at radius 3 is 2.42 bits per heavy atom. The van der Waals surface area contributed by atoms with Crippen molar-refractivity contribution >= 4 is 16.0 Å². The highest BCUT2D eigenvalue weighted by atomic mass is 32.2. The molecule has 0 aromatic heterocycles. The van der Waals surface area contributed by atoms with Gasteiger partial charge in [-0.05, 0) is 25.7 Å². The maximum Gasteiger partial charge on any atom is 0.318 e. The Labute approximate surface area is 113 Å². The van der Waals surface area contributed by atoms with Crippen LogP contribution in [0, 0.1) is 0 Å². The van der Waals surface area contributed by atoms with Gasteiger partial charge >= 0.3 is 5.97 Å². The van der Waals surface area contributed by atoms with Gasteiger partial charge in [-0.2, -0.15) is 4.31 Å². The van der Waals surface area contributed by atoms with Crippen LogP contribution in [-0.4, -0.2) is 54.8 Å². The lowest BCUT2D eigenvalue weighted by Gasteiger charge is -2.27. The van der Waals surface area contributed by atoms with Gasteiger partial charge in [0.1, 0.15) is 6.54 Å². The molecule has 1 saturated heterocycles. The lowest BCUT2D eigenvalue weighted by atomic mass is 10.2. The van der Waals surface area contributed by atoms with Crippen LogP contribution in [0.1, 0.15) is 38.5 Å². The van der Waals surface area contributed by atoms with Crippen LogP contribution < -0.4 is 0 Å². The summed E-state index contributed by atoms with van der Waals surface area (Å²) < 4.78 is 31.3. The van der Waals surface area contributed by atoms with Crippen LogP contribution in [0.5, 0.6) is 0 Å². The minimum absolute atomic E-state index is 0.0865. The molecule has 110 valence electrons. The molecule has 1 N–H and O–H groups in total. The molecule has 2 fully saturated rings. The van der Waals surface area contributed by atoms with Crippen LogP contribution in [-0.2, 0) is 19.6 Å². The van der Waals surface area contributed by atoms with Crippen molar-refractivity contribution in [1.29, 1.82) is 0 Å². The van der Waals surface area contributed by atoms with Crippen molar-refractivity contribution in [2.45, 2.75) is 50.7 Å². The molecule has 1 heterocycles. The summed E-state index contributed by atoms with van der Waals surface area (Å²) in [4.78, 5) is 10.9. The van der Waals surface area contributed by atoms with Gasteiger partial charge in [0.2, 0.25) is 10.0 Å².